The first kappa shape index (κ1) is 17.1. The van der Waals surface area contributed by atoms with Crippen LogP contribution in [0.25, 0.3) is 0 Å². The van der Waals surface area contributed by atoms with Gasteiger partial charge in [0.15, 0.2) is 0 Å². The smallest absolute Gasteiger partial charge is 0.255 e. The number of hydrogen-bond donors (Lipinski definition) is 3. The summed E-state index contributed by atoms with van der Waals surface area (Å²) in [4.78, 5) is 26.8. The van der Waals surface area contributed by atoms with Gasteiger partial charge in [0.25, 0.3) is 5.91 Å². The van der Waals surface area contributed by atoms with Crippen molar-refractivity contribution in [2.24, 2.45) is 0 Å². The van der Waals surface area contributed by atoms with Crippen LogP contribution in [0.15, 0.2) is 18.5 Å². The third-order valence-electron chi connectivity index (χ3n) is 2.14. The van der Waals surface area contributed by atoms with Crippen molar-refractivity contribution in [2.75, 3.05) is 32.5 Å². The van der Waals surface area contributed by atoms with Gasteiger partial charge in [-0.2, -0.15) is 0 Å². The summed E-state index contributed by atoms with van der Waals surface area (Å²) in [5, 5.41) is 5.03. The molecule has 0 aliphatic carbocycles. The normalized spacial score (nSPS) is 9.32. The van der Waals surface area contributed by atoms with Crippen molar-refractivity contribution in [1.29, 1.82) is 0 Å². The minimum absolute atomic E-state index is 0. The molecule has 0 aliphatic rings. The van der Waals surface area contributed by atoms with Gasteiger partial charge in [0.2, 0.25) is 5.91 Å². The minimum atomic E-state index is -0.428. The second-order valence-corrected chi connectivity index (χ2v) is 3.49. The quantitative estimate of drug-likeness (QED) is 0.616. The molecule has 0 spiro atoms. The standard InChI is InChI=1S/C11H16N4O3.ClH/c1-18-5-4-14-10(16)7-15-11(17)8-6-13-3-2-9(8)12;/h2-3,6H,4-5,7H2,1H3,(H2,12,13)(H,14,16)(H,15,17);1H. The maximum atomic E-state index is 11.7. The van der Waals surface area contributed by atoms with Gasteiger partial charge in [0, 0.05) is 31.7 Å². The van der Waals surface area contributed by atoms with Gasteiger partial charge in [-0.15, -0.1) is 12.4 Å². The molecule has 8 heteroatoms. The molecule has 19 heavy (non-hydrogen) atoms. The van der Waals surface area contributed by atoms with Gasteiger partial charge in [-0.1, -0.05) is 0 Å². The monoisotopic (exact) mass is 288 g/mol. The van der Waals surface area contributed by atoms with Gasteiger partial charge in [-0.3, -0.25) is 14.6 Å². The molecule has 7 nitrogen and oxygen atoms in total. The van der Waals surface area contributed by atoms with Crippen molar-refractivity contribution < 1.29 is 14.3 Å². The number of nitrogens with one attached hydrogen (secondary N) is 2. The molecule has 4 N–H and O–H groups in total. The maximum Gasteiger partial charge on any atom is 0.255 e. The molecule has 0 fully saturated rings. The van der Waals surface area contributed by atoms with Gasteiger partial charge in [-0.05, 0) is 6.07 Å². The number of hydrogen-bond acceptors (Lipinski definition) is 5. The fraction of sp³-hybridized carbons (Fsp3) is 0.364. The molecule has 0 saturated carbocycles. The highest BCUT2D eigenvalue weighted by atomic mass is 35.5. The van der Waals surface area contributed by atoms with E-state index in [4.69, 9.17) is 10.5 Å². The van der Waals surface area contributed by atoms with E-state index in [1.165, 1.54) is 18.5 Å². The topological polar surface area (TPSA) is 106 Å². The van der Waals surface area contributed by atoms with Gasteiger partial charge < -0.3 is 21.1 Å². The number of pyridine rings is 1. The van der Waals surface area contributed by atoms with Gasteiger partial charge in [0.05, 0.1) is 18.7 Å². The Morgan fingerprint density at radius 2 is 2.16 bits per heavy atom. The number of methoxy groups -OCH3 is 1. The van der Waals surface area contributed by atoms with Crippen LogP contribution in [0.2, 0.25) is 0 Å². The second kappa shape index (κ2) is 9.12. The molecule has 1 rings (SSSR count). The predicted molar refractivity (Wildman–Crippen MR) is 73.1 cm³/mol. The van der Waals surface area contributed by atoms with Crippen LogP contribution in [-0.4, -0.2) is 43.6 Å². The predicted octanol–water partition coefficient (Wildman–Crippen LogP) is -0.422. The molecular weight excluding hydrogens is 272 g/mol. The van der Waals surface area contributed by atoms with Crippen LogP contribution in [0, 0.1) is 0 Å². The Labute approximate surface area is 117 Å². The Bertz CT molecular complexity index is 428. The van der Waals surface area contributed by atoms with Crippen LogP contribution in [0.5, 0.6) is 0 Å². The molecule has 106 valence electrons. The van der Waals surface area contributed by atoms with E-state index in [-0.39, 0.29) is 30.4 Å². The van der Waals surface area contributed by atoms with Crippen molar-refractivity contribution in [3.8, 4) is 0 Å². The Morgan fingerprint density at radius 3 is 2.79 bits per heavy atom. The Morgan fingerprint density at radius 1 is 1.42 bits per heavy atom. The highest BCUT2D eigenvalue weighted by Crippen LogP contribution is 2.07. The summed E-state index contributed by atoms with van der Waals surface area (Å²) >= 11 is 0. The zero-order valence-electron chi connectivity index (χ0n) is 10.5. The third-order valence-corrected chi connectivity index (χ3v) is 2.14. The van der Waals surface area contributed by atoms with Crippen LogP contribution in [0.1, 0.15) is 10.4 Å². The lowest BCUT2D eigenvalue weighted by atomic mass is 10.2. The third kappa shape index (κ3) is 6.03. The summed E-state index contributed by atoms with van der Waals surface area (Å²) < 4.78 is 4.78. The summed E-state index contributed by atoms with van der Waals surface area (Å²) in [7, 11) is 1.54. The van der Waals surface area contributed by atoms with Gasteiger partial charge in [-0.25, -0.2) is 0 Å². The van der Waals surface area contributed by atoms with Crippen LogP contribution in [0.3, 0.4) is 0 Å². The van der Waals surface area contributed by atoms with E-state index in [2.05, 4.69) is 15.6 Å². The number of nitrogen functional groups attached to an aromatic ring is 1. The van der Waals surface area contributed by atoms with E-state index in [1.807, 2.05) is 0 Å². The molecule has 0 unspecified atom stereocenters. The molecule has 0 aromatic carbocycles. The number of rotatable bonds is 6. The van der Waals surface area contributed by atoms with E-state index in [0.717, 1.165) is 0 Å². The summed E-state index contributed by atoms with van der Waals surface area (Å²) in [6, 6.07) is 1.52. The number of anilines is 1. The van der Waals surface area contributed by atoms with Gasteiger partial charge in [0.1, 0.15) is 0 Å². The Hall–Kier alpha value is -1.86. The lowest BCUT2D eigenvalue weighted by molar-refractivity contribution is -0.120. The van der Waals surface area contributed by atoms with E-state index in [9.17, 15) is 9.59 Å². The molecule has 0 atom stereocenters. The molecular formula is C11H17ClN4O3. The van der Waals surface area contributed by atoms with Crippen molar-refractivity contribution >= 4 is 29.9 Å². The summed E-state index contributed by atoms with van der Waals surface area (Å²) in [6.07, 6.45) is 2.84. The van der Waals surface area contributed by atoms with E-state index < -0.39 is 5.91 Å². The van der Waals surface area contributed by atoms with Crippen LogP contribution in [-0.2, 0) is 9.53 Å². The lowest BCUT2D eigenvalue weighted by Gasteiger charge is -2.07. The number of halogens is 1. The Balaban J connectivity index is 0.00000324. The molecule has 1 aromatic rings. The fourth-order valence-corrected chi connectivity index (χ4v) is 1.21. The van der Waals surface area contributed by atoms with Crippen molar-refractivity contribution in [2.45, 2.75) is 0 Å². The van der Waals surface area contributed by atoms with E-state index >= 15 is 0 Å². The van der Waals surface area contributed by atoms with E-state index in [1.54, 1.807) is 7.11 Å². The molecule has 0 bridgehead atoms. The summed E-state index contributed by atoms with van der Waals surface area (Å²) in [5.41, 5.74) is 6.18. The van der Waals surface area contributed by atoms with Crippen LogP contribution >= 0.6 is 12.4 Å². The molecule has 2 amide bonds. The summed E-state index contributed by atoms with van der Waals surface area (Å²) in [6.45, 7) is 0.715. The first-order chi connectivity index (χ1) is 8.65. The van der Waals surface area contributed by atoms with Crippen molar-refractivity contribution in [1.82, 2.24) is 15.6 Å². The molecule has 0 saturated heterocycles. The maximum absolute atomic E-state index is 11.7. The number of nitrogens with zero attached hydrogens (tertiary/aromatic N) is 1. The lowest BCUT2D eigenvalue weighted by Crippen LogP contribution is -2.38. The number of ether oxygens (including phenoxy) is 1. The SMILES string of the molecule is COCCNC(=O)CNC(=O)c1cnccc1N.Cl. The summed E-state index contributed by atoms with van der Waals surface area (Å²) in [5.74, 6) is -0.717. The molecule has 1 aromatic heterocycles. The van der Waals surface area contributed by atoms with Crippen LogP contribution in [0.4, 0.5) is 5.69 Å². The number of aromatic nitrogens is 1. The second-order valence-electron chi connectivity index (χ2n) is 3.49. The molecule has 1 heterocycles. The average Bonchev–Trinajstić information content (AvgIpc) is 2.37. The Kier molecular flexibility index (Phi) is 8.23. The van der Waals surface area contributed by atoms with E-state index in [0.29, 0.717) is 18.8 Å². The number of carbonyl (C=O) groups excluding carboxylic acids is 2. The largest absolute Gasteiger partial charge is 0.398 e. The van der Waals surface area contributed by atoms with Crippen molar-refractivity contribution in [3.05, 3.63) is 24.0 Å². The highest BCUT2D eigenvalue weighted by Gasteiger charge is 2.10. The minimum Gasteiger partial charge on any atom is -0.398 e. The molecule has 0 aliphatic heterocycles. The highest BCUT2D eigenvalue weighted by molar-refractivity contribution is 6.00. The van der Waals surface area contributed by atoms with Crippen molar-refractivity contribution in [3.63, 3.8) is 0 Å². The van der Waals surface area contributed by atoms with Crippen LogP contribution < -0.4 is 16.4 Å². The number of amides is 2. The zero-order valence-corrected chi connectivity index (χ0v) is 11.3. The number of carbonyl (C=O) groups is 2. The first-order valence-corrected chi connectivity index (χ1v) is 5.38. The fourth-order valence-electron chi connectivity index (χ4n) is 1.21. The zero-order chi connectivity index (χ0) is 13.4. The van der Waals surface area contributed by atoms with Gasteiger partial charge >= 0.3 is 0 Å². The first-order valence-electron chi connectivity index (χ1n) is 5.38. The average molecular weight is 289 g/mol. The number of nitrogens with two attached hydrogens (primary N) is 1. The molecule has 0 radical (unpaired) electrons.